The Morgan fingerprint density at radius 3 is 1.57 bits per heavy atom. The summed E-state index contributed by atoms with van der Waals surface area (Å²) in [6, 6.07) is 21.4. The molecule has 12 aliphatic rings. The summed E-state index contributed by atoms with van der Waals surface area (Å²) < 4.78 is 14.6. The Hall–Kier alpha value is -4.19. The lowest BCUT2D eigenvalue weighted by Gasteiger charge is -2.49. The van der Waals surface area contributed by atoms with Crippen molar-refractivity contribution in [3.05, 3.63) is 117 Å². The highest BCUT2D eigenvalue weighted by atomic mass is 16.5. The minimum absolute atomic E-state index is 0.143. The van der Waals surface area contributed by atoms with Gasteiger partial charge in [0.05, 0.1) is 29.5 Å². The fourth-order valence-corrected chi connectivity index (χ4v) is 21.9. The second-order valence-electron chi connectivity index (χ2n) is 30.9. The average molecular weight is 1170 g/mol. The summed E-state index contributed by atoms with van der Waals surface area (Å²) >= 11 is 0. The van der Waals surface area contributed by atoms with Crippen LogP contribution < -0.4 is 10.6 Å². The molecule has 2 amide bonds. The van der Waals surface area contributed by atoms with Crippen molar-refractivity contribution >= 4 is 17.6 Å². The number of amides is 2. The molecule has 4 heterocycles. The first-order chi connectivity index (χ1) is 41.4. The van der Waals surface area contributed by atoms with Crippen LogP contribution in [0, 0.1) is 70.0 Å². The Morgan fingerprint density at radius 2 is 1.08 bits per heavy atom. The van der Waals surface area contributed by atoms with Crippen LogP contribution >= 0.6 is 0 Å². The SMILES string of the molecule is CC1=C2C[C@H]3[C@@H](CC=C4CC(=O)CC[C@@]43C)[C@@H]2CC[C@]12O[C@@H]1C[C@H](C)CN(CCNC(=O)CCc3ccccc3)[C@H]1[C@H]2C.CC1=C2C[C@H]3[C@@H](CC=C4C[C@@H](O)CC[C@@]43C)[C@@H]2CC[C@]12O[C@@H]1C[C@H](C)CN(CCNC(=O)CCc3ccccc3)[C@H]1[C@H]2C. The van der Waals surface area contributed by atoms with Gasteiger partial charge in [0, 0.05) is 88.9 Å². The third-order valence-electron chi connectivity index (χ3n) is 26.5. The van der Waals surface area contributed by atoms with E-state index in [0.717, 1.165) is 115 Å². The van der Waals surface area contributed by atoms with Crippen LogP contribution in [0.15, 0.2) is 106 Å². The van der Waals surface area contributed by atoms with Crippen LogP contribution in [-0.4, -0.2) is 113 Å². The lowest BCUT2D eigenvalue weighted by Crippen LogP contribution is -2.54. The smallest absolute Gasteiger partial charge is 0.220 e. The van der Waals surface area contributed by atoms with E-state index in [4.69, 9.17) is 9.47 Å². The van der Waals surface area contributed by atoms with Crippen LogP contribution in [0.3, 0.4) is 0 Å². The summed E-state index contributed by atoms with van der Waals surface area (Å²) in [5.74, 6) is 7.07. The second-order valence-corrected chi connectivity index (χ2v) is 30.9. The van der Waals surface area contributed by atoms with Gasteiger partial charge in [0.2, 0.25) is 11.8 Å². The Bertz CT molecular complexity index is 2990. The number of aryl methyl sites for hydroxylation is 2. The first-order valence-corrected chi connectivity index (χ1v) is 34.8. The molecule has 4 saturated heterocycles. The molecule has 2 aromatic rings. The number of fused-ring (bicyclic) bond motifs is 12. The van der Waals surface area contributed by atoms with Gasteiger partial charge < -0.3 is 25.2 Å². The zero-order chi connectivity index (χ0) is 59.9. The summed E-state index contributed by atoms with van der Waals surface area (Å²) in [4.78, 5) is 43.0. The molecular formula is C76H106N4O6. The molecule has 19 atom stereocenters. The zero-order valence-electron chi connectivity index (χ0n) is 53.9. The molecule has 2 aromatic carbocycles. The van der Waals surface area contributed by atoms with Gasteiger partial charge in [-0.25, -0.2) is 0 Å². The molecule has 14 rings (SSSR count). The van der Waals surface area contributed by atoms with Gasteiger partial charge in [0.25, 0.3) is 0 Å². The molecule has 3 N–H and O–H groups in total. The van der Waals surface area contributed by atoms with Crippen molar-refractivity contribution in [2.75, 3.05) is 39.3 Å². The van der Waals surface area contributed by atoms with E-state index in [2.05, 4.69) is 112 Å². The van der Waals surface area contributed by atoms with E-state index in [1.165, 1.54) is 48.8 Å². The molecule has 2 spiro atoms. The van der Waals surface area contributed by atoms with Gasteiger partial charge in [-0.1, -0.05) is 137 Å². The van der Waals surface area contributed by atoms with Crippen molar-refractivity contribution in [3.8, 4) is 0 Å². The number of nitrogens with zero attached hydrogens (tertiary/aromatic N) is 2. The van der Waals surface area contributed by atoms with E-state index in [9.17, 15) is 19.5 Å². The number of nitrogens with one attached hydrogen (secondary N) is 2. The number of hydrogen-bond donors (Lipinski definition) is 3. The zero-order valence-corrected chi connectivity index (χ0v) is 53.9. The van der Waals surface area contributed by atoms with Crippen LogP contribution in [0.1, 0.15) is 182 Å². The van der Waals surface area contributed by atoms with Gasteiger partial charge >= 0.3 is 0 Å². The summed E-state index contributed by atoms with van der Waals surface area (Å²) in [6.07, 6.45) is 25.4. The van der Waals surface area contributed by atoms with Crippen molar-refractivity contribution in [2.45, 2.75) is 225 Å². The quantitative estimate of drug-likeness (QED) is 0.180. The standard InChI is InChI=1S/C38H54N2O3.C38H52N2O3/c2*1-24-20-34-36(40(23-24)19-18-39-35(42)13-10-27-8-6-5-7-9-27)26(3)38(43-34)17-15-30-31-12-11-28-21-29(41)14-16-37(28,4)33(31)22-32(30)25(38)2/h5-9,11,24,26,29-31,33-34,36,41H,10,12-23H2,1-4H3,(H,39,42);5-9,11,24,26,30-31,33-34,36H,10,12-23H2,1-4H3,(H,39,42)/t24-,26+,29-,30-,31-,33-,34+,36-,37-,38-;24-,26+,30-,31-,33-,34+,36-,37-,38-/m00/s1. The Balaban J connectivity index is 0.000000160. The summed E-state index contributed by atoms with van der Waals surface area (Å²) in [7, 11) is 0. The van der Waals surface area contributed by atoms with Crippen LogP contribution in [0.25, 0.3) is 0 Å². The second kappa shape index (κ2) is 24.2. The van der Waals surface area contributed by atoms with E-state index in [0.29, 0.717) is 97.6 Å². The van der Waals surface area contributed by atoms with Gasteiger partial charge in [0.15, 0.2) is 0 Å². The molecule has 466 valence electrons. The predicted molar refractivity (Wildman–Crippen MR) is 342 cm³/mol. The van der Waals surface area contributed by atoms with Gasteiger partial charge in [-0.05, 0) is 197 Å². The number of Topliss-reactive ketones (excluding diaryl/α,β-unsaturated/α-hetero) is 1. The maximum Gasteiger partial charge on any atom is 0.220 e. The number of ether oxygens (including phenoxy) is 2. The molecule has 0 radical (unpaired) electrons. The molecule has 4 aliphatic heterocycles. The number of benzene rings is 2. The lowest BCUT2D eigenvalue weighted by atomic mass is 9.56. The minimum atomic E-state index is -0.157. The van der Waals surface area contributed by atoms with E-state index < -0.39 is 0 Å². The molecule has 0 bridgehead atoms. The van der Waals surface area contributed by atoms with E-state index >= 15 is 0 Å². The van der Waals surface area contributed by atoms with Gasteiger partial charge in [-0.15, -0.1) is 0 Å². The molecule has 8 aliphatic carbocycles. The number of piperidine rings is 2. The number of aliphatic hydroxyl groups excluding tert-OH is 1. The maximum atomic E-state index is 12.7. The molecule has 4 saturated carbocycles. The van der Waals surface area contributed by atoms with E-state index in [1.807, 2.05) is 36.4 Å². The van der Waals surface area contributed by atoms with Gasteiger partial charge in [-0.2, -0.15) is 0 Å². The first kappa shape index (κ1) is 60.7. The van der Waals surface area contributed by atoms with Crippen molar-refractivity contribution < 1.29 is 29.0 Å². The van der Waals surface area contributed by atoms with Crippen molar-refractivity contribution in [1.82, 2.24) is 20.4 Å². The van der Waals surface area contributed by atoms with Gasteiger partial charge in [-0.3, -0.25) is 24.2 Å². The minimum Gasteiger partial charge on any atom is -0.393 e. The fourth-order valence-electron chi connectivity index (χ4n) is 21.9. The number of likely N-dealkylation sites (tertiary alicyclic amines) is 2. The largest absolute Gasteiger partial charge is 0.393 e. The van der Waals surface area contributed by atoms with Crippen molar-refractivity contribution in [2.24, 2.45) is 70.0 Å². The topological polar surface area (TPSA) is 120 Å². The van der Waals surface area contributed by atoms with Crippen LogP contribution in [-0.2, 0) is 36.7 Å². The maximum absolute atomic E-state index is 12.7. The number of carbonyl (C=O) groups excluding carboxylic acids is 3. The number of aliphatic hydroxyl groups is 1. The Labute approximate surface area is 516 Å². The molecular weight excluding hydrogens is 1060 g/mol. The molecule has 10 heteroatoms. The monoisotopic (exact) mass is 1170 g/mol. The van der Waals surface area contributed by atoms with Gasteiger partial charge in [0.1, 0.15) is 5.78 Å². The highest BCUT2D eigenvalue weighted by Gasteiger charge is 2.64. The fraction of sp³-hybridized carbons (Fsp3) is 0.697. The van der Waals surface area contributed by atoms with Crippen LogP contribution in [0.4, 0.5) is 0 Å². The Kier molecular flexibility index (Phi) is 17.1. The van der Waals surface area contributed by atoms with Crippen molar-refractivity contribution in [1.29, 1.82) is 0 Å². The van der Waals surface area contributed by atoms with Crippen LogP contribution in [0.5, 0.6) is 0 Å². The number of rotatable bonds is 12. The first-order valence-electron chi connectivity index (χ1n) is 34.8. The number of allylic oxidation sites excluding steroid dienone is 5. The highest BCUT2D eigenvalue weighted by molar-refractivity contribution is 5.82. The molecule has 0 aromatic heterocycles. The number of carbonyl (C=O) groups is 3. The normalized spacial score (nSPS) is 41.4. The van der Waals surface area contributed by atoms with E-state index in [1.54, 1.807) is 27.9 Å². The van der Waals surface area contributed by atoms with Crippen molar-refractivity contribution in [3.63, 3.8) is 0 Å². The summed E-state index contributed by atoms with van der Waals surface area (Å²) in [5, 5.41) is 16.9. The van der Waals surface area contributed by atoms with E-state index in [-0.39, 0.29) is 52.2 Å². The lowest BCUT2D eigenvalue weighted by molar-refractivity contribution is -0.122. The number of ketones is 1. The summed E-state index contributed by atoms with van der Waals surface area (Å²) in [6.45, 7) is 24.9. The third kappa shape index (κ3) is 10.8. The molecule has 10 nitrogen and oxygen atoms in total. The Morgan fingerprint density at radius 1 is 0.616 bits per heavy atom. The third-order valence-corrected chi connectivity index (χ3v) is 26.5. The molecule has 0 unspecified atom stereocenters. The van der Waals surface area contributed by atoms with Crippen LogP contribution in [0.2, 0.25) is 0 Å². The highest BCUT2D eigenvalue weighted by Crippen LogP contribution is 2.67. The summed E-state index contributed by atoms with van der Waals surface area (Å²) in [5.41, 5.74) is 12.2. The predicted octanol–water partition coefficient (Wildman–Crippen LogP) is 13.1. The average Bonchev–Trinajstić information content (AvgIpc) is 1.70. The molecule has 8 fully saturated rings. The molecule has 86 heavy (non-hydrogen) atoms. The number of hydrogen-bond acceptors (Lipinski definition) is 8.